The number of phenols is 3. The second-order valence-corrected chi connectivity index (χ2v) is 7.86. The Morgan fingerprint density at radius 3 is 2.26 bits per heavy atom. The Hall–Kier alpha value is -3.08. The molecule has 0 bridgehead atoms. The zero-order chi connectivity index (χ0) is 23.1. The van der Waals surface area contributed by atoms with Gasteiger partial charge in [-0.15, -0.1) is 0 Å². The highest BCUT2D eigenvalue weighted by Crippen LogP contribution is 2.38. The Morgan fingerprint density at radius 1 is 1.00 bits per heavy atom. The van der Waals surface area contributed by atoms with Gasteiger partial charge in [-0.3, -0.25) is 4.90 Å². The Labute approximate surface area is 185 Å². The molecule has 0 radical (unpaired) electrons. The van der Waals surface area contributed by atoms with E-state index in [-0.39, 0.29) is 23.1 Å². The van der Waals surface area contributed by atoms with Crippen LogP contribution < -0.4 is 4.90 Å². The minimum absolute atomic E-state index is 0.0297. The molecule has 168 valence electrons. The predicted octanol–water partition coefficient (Wildman–Crippen LogP) is 6.63. The lowest BCUT2D eigenvalue weighted by Gasteiger charge is -2.28. The zero-order valence-corrected chi connectivity index (χ0v) is 19.0. The first-order valence-corrected chi connectivity index (χ1v) is 11.0. The average molecular weight is 426 g/mol. The number of hydrogen-bond acceptors (Lipinski definition) is 5. The zero-order valence-electron chi connectivity index (χ0n) is 19.0. The number of aliphatic hydroxyl groups is 1. The van der Waals surface area contributed by atoms with Crippen LogP contribution in [0.3, 0.4) is 0 Å². The van der Waals surface area contributed by atoms with Crippen LogP contribution >= 0.6 is 0 Å². The largest absolute Gasteiger partial charge is 0.508 e. The summed E-state index contributed by atoms with van der Waals surface area (Å²) in [6, 6.07) is 8.22. The molecule has 5 heteroatoms. The molecule has 0 amide bonds. The second-order valence-electron chi connectivity index (χ2n) is 7.86. The van der Waals surface area contributed by atoms with Gasteiger partial charge < -0.3 is 20.4 Å². The normalized spacial score (nSPS) is 12.6. The van der Waals surface area contributed by atoms with Gasteiger partial charge in [-0.05, 0) is 67.7 Å². The van der Waals surface area contributed by atoms with E-state index >= 15 is 0 Å². The quantitative estimate of drug-likeness (QED) is 0.321. The standard InChI is InChI=1S/C26H35NO4/c1-6-10-18(7-2)13-20-14-21(11-12-24(20)29)27(17(5)28)23(9-4)22-15-19(8-3)25(30)16-26(22)31/h9,11-12,14-16,18,28-31H,5-8,10,13H2,1-4H3/b23-9-/t18-/m1/s1. The third kappa shape index (κ3) is 5.54. The molecule has 5 nitrogen and oxygen atoms in total. The minimum Gasteiger partial charge on any atom is -0.508 e. The first-order chi connectivity index (χ1) is 14.8. The van der Waals surface area contributed by atoms with Crippen LogP contribution in [0, 0.1) is 5.92 Å². The molecular weight excluding hydrogens is 390 g/mol. The van der Waals surface area contributed by atoms with Crippen LogP contribution in [0.2, 0.25) is 0 Å². The van der Waals surface area contributed by atoms with Crippen molar-refractivity contribution in [2.24, 2.45) is 5.92 Å². The molecule has 0 saturated heterocycles. The smallest absolute Gasteiger partial charge is 0.188 e. The fourth-order valence-corrected chi connectivity index (χ4v) is 3.99. The summed E-state index contributed by atoms with van der Waals surface area (Å²) in [6.07, 6.45) is 6.29. The van der Waals surface area contributed by atoms with Crippen LogP contribution in [0.15, 0.2) is 48.9 Å². The minimum atomic E-state index is -0.212. The summed E-state index contributed by atoms with van der Waals surface area (Å²) in [5.41, 5.74) is 3.12. The van der Waals surface area contributed by atoms with Gasteiger partial charge >= 0.3 is 0 Å². The molecule has 1 atom stereocenters. The SMILES string of the molecule is C=C(O)N(/C(=C\C)c1cc(CC)c(O)cc1O)c1ccc(O)c(C[C@H](CC)CCC)c1. The molecule has 31 heavy (non-hydrogen) atoms. The predicted molar refractivity (Wildman–Crippen MR) is 128 cm³/mol. The van der Waals surface area contributed by atoms with Gasteiger partial charge in [-0.1, -0.05) is 46.1 Å². The summed E-state index contributed by atoms with van der Waals surface area (Å²) < 4.78 is 0. The van der Waals surface area contributed by atoms with Crippen molar-refractivity contribution in [2.45, 2.75) is 59.8 Å². The Balaban J connectivity index is 2.55. The number of benzene rings is 2. The maximum Gasteiger partial charge on any atom is 0.188 e. The van der Waals surface area contributed by atoms with Crippen molar-refractivity contribution in [3.63, 3.8) is 0 Å². The number of aliphatic hydroxyl groups excluding tert-OH is 1. The lowest BCUT2D eigenvalue weighted by atomic mass is 9.92. The Bertz CT molecular complexity index is 949. The fraction of sp³-hybridized carbons (Fsp3) is 0.385. The molecule has 0 aromatic heterocycles. The van der Waals surface area contributed by atoms with E-state index in [1.807, 2.05) is 13.0 Å². The van der Waals surface area contributed by atoms with E-state index in [4.69, 9.17) is 0 Å². The van der Waals surface area contributed by atoms with Gasteiger partial charge in [-0.2, -0.15) is 0 Å². The molecule has 0 spiro atoms. The van der Waals surface area contributed by atoms with E-state index in [2.05, 4.69) is 20.4 Å². The van der Waals surface area contributed by atoms with Crippen LogP contribution in [-0.4, -0.2) is 20.4 Å². The van der Waals surface area contributed by atoms with Crippen molar-refractivity contribution in [3.8, 4) is 17.2 Å². The van der Waals surface area contributed by atoms with Crippen molar-refractivity contribution in [2.75, 3.05) is 4.90 Å². The number of anilines is 1. The molecule has 0 saturated carbocycles. The summed E-state index contributed by atoms with van der Waals surface area (Å²) in [6.45, 7) is 11.8. The summed E-state index contributed by atoms with van der Waals surface area (Å²) in [4.78, 5) is 1.54. The van der Waals surface area contributed by atoms with E-state index in [1.54, 1.807) is 31.2 Å². The number of rotatable bonds is 10. The number of aryl methyl sites for hydroxylation is 1. The van der Waals surface area contributed by atoms with Crippen molar-refractivity contribution in [1.82, 2.24) is 0 Å². The lowest BCUT2D eigenvalue weighted by Crippen LogP contribution is -2.20. The second kappa shape index (κ2) is 10.8. The van der Waals surface area contributed by atoms with Gasteiger partial charge in [0.05, 0.1) is 5.70 Å². The van der Waals surface area contributed by atoms with E-state index in [0.29, 0.717) is 34.9 Å². The summed E-state index contributed by atoms with van der Waals surface area (Å²) in [5, 5.41) is 41.5. The lowest BCUT2D eigenvalue weighted by molar-refractivity contribution is 0.405. The maximum atomic E-state index is 10.5. The molecule has 2 aromatic carbocycles. The molecule has 2 aromatic rings. The van der Waals surface area contributed by atoms with Crippen molar-refractivity contribution in [1.29, 1.82) is 0 Å². The first-order valence-electron chi connectivity index (χ1n) is 11.0. The van der Waals surface area contributed by atoms with Gasteiger partial charge in [0.15, 0.2) is 5.88 Å². The maximum absolute atomic E-state index is 10.5. The van der Waals surface area contributed by atoms with Crippen LogP contribution in [0.1, 0.15) is 63.6 Å². The molecular formula is C26H35NO4. The third-order valence-electron chi connectivity index (χ3n) is 5.73. The highest BCUT2D eigenvalue weighted by molar-refractivity contribution is 5.85. The van der Waals surface area contributed by atoms with Crippen LogP contribution in [0.4, 0.5) is 5.69 Å². The monoisotopic (exact) mass is 425 g/mol. The van der Waals surface area contributed by atoms with Gasteiger partial charge in [0, 0.05) is 17.3 Å². The van der Waals surface area contributed by atoms with Gasteiger partial charge in [0.25, 0.3) is 0 Å². The van der Waals surface area contributed by atoms with E-state index in [9.17, 15) is 20.4 Å². The first kappa shape index (κ1) is 24.2. The highest BCUT2D eigenvalue weighted by Gasteiger charge is 2.22. The molecule has 0 heterocycles. The molecule has 0 unspecified atom stereocenters. The van der Waals surface area contributed by atoms with Crippen molar-refractivity contribution in [3.05, 3.63) is 65.6 Å². The van der Waals surface area contributed by atoms with Crippen molar-refractivity contribution >= 4 is 11.4 Å². The number of aromatic hydroxyl groups is 3. The number of nitrogens with zero attached hydrogens (tertiary/aromatic N) is 1. The molecule has 0 fully saturated rings. The number of phenolic OH excluding ortho intramolecular Hbond substituents is 3. The molecule has 2 rings (SSSR count). The number of allylic oxidation sites excluding steroid dienone is 1. The van der Waals surface area contributed by atoms with E-state index in [0.717, 1.165) is 31.2 Å². The van der Waals surface area contributed by atoms with E-state index < -0.39 is 0 Å². The van der Waals surface area contributed by atoms with Crippen LogP contribution in [-0.2, 0) is 12.8 Å². The highest BCUT2D eigenvalue weighted by atomic mass is 16.3. The van der Waals surface area contributed by atoms with Gasteiger partial charge in [-0.25, -0.2) is 0 Å². The van der Waals surface area contributed by atoms with Crippen LogP contribution in [0.25, 0.3) is 5.70 Å². The van der Waals surface area contributed by atoms with E-state index in [1.165, 1.54) is 11.0 Å². The Morgan fingerprint density at radius 2 is 1.71 bits per heavy atom. The van der Waals surface area contributed by atoms with Crippen LogP contribution in [0.5, 0.6) is 17.2 Å². The topological polar surface area (TPSA) is 84.2 Å². The van der Waals surface area contributed by atoms with Gasteiger partial charge in [0.1, 0.15) is 17.2 Å². The van der Waals surface area contributed by atoms with Crippen molar-refractivity contribution < 1.29 is 20.4 Å². The molecule has 0 aliphatic rings. The summed E-state index contributed by atoms with van der Waals surface area (Å²) >= 11 is 0. The molecule has 0 aliphatic heterocycles. The number of hydrogen-bond donors (Lipinski definition) is 4. The third-order valence-corrected chi connectivity index (χ3v) is 5.73. The molecule has 0 aliphatic carbocycles. The Kier molecular flexibility index (Phi) is 8.43. The fourth-order valence-electron chi connectivity index (χ4n) is 3.99. The summed E-state index contributed by atoms with van der Waals surface area (Å²) in [7, 11) is 0. The average Bonchev–Trinajstić information content (AvgIpc) is 2.73. The molecule has 4 N–H and O–H groups in total. The summed E-state index contributed by atoms with van der Waals surface area (Å²) in [5.74, 6) is 0.413. The van der Waals surface area contributed by atoms with Gasteiger partial charge in [0.2, 0.25) is 0 Å².